The average Bonchev–Trinajstić information content (AvgIpc) is 2.99. The van der Waals surface area contributed by atoms with Crippen LogP contribution in [-0.2, 0) is 0 Å². The van der Waals surface area contributed by atoms with Gasteiger partial charge in [0.25, 0.3) is 0 Å². The molecule has 0 N–H and O–H groups in total. The molecule has 1 aliphatic heterocycles. The lowest BCUT2D eigenvalue weighted by molar-refractivity contribution is 0.274. The van der Waals surface area contributed by atoms with Crippen molar-refractivity contribution in [3.8, 4) is 0 Å². The van der Waals surface area contributed by atoms with E-state index in [4.69, 9.17) is 0 Å². The lowest BCUT2D eigenvalue weighted by Crippen LogP contribution is -2.39. The maximum atomic E-state index is 2.56. The molecule has 0 saturated heterocycles. The highest BCUT2D eigenvalue weighted by Gasteiger charge is 2.26. The third-order valence-corrected chi connectivity index (χ3v) is 4.76. The lowest BCUT2D eigenvalue weighted by atomic mass is 10.1. The maximum absolute atomic E-state index is 2.56. The van der Waals surface area contributed by atoms with E-state index < -0.39 is 0 Å². The van der Waals surface area contributed by atoms with Crippen LogP contribution in [0.15, 0.2) is 42.7 Å². The smallest absolute Gasteiger partial charge is 0.105 e. The monoisotopic (exact) mass is 314 g/mol. The molecular weight excluding hydrogens is 280 g/mol. The van der Waals surface area contributed by atoms with Crippen LogP contribution in [0.5, 0.6) is 0 Å². The first-order valence-electron chi connectivity index (χ1n) is 9.64. The van der Waals surface area contributed by atoms with Crippen LogP contribution in [0.2, 0.25) is 0 Å². The van der Waals surface area contributed by atoms with Gasteiger partial charge in [-0.15, -0.1) is 0 Å². The van der Waals surface area contributed by atoms with Gasteiger partial charge in [0.2, 0.25) is 0 Å². The molecule has 0 radical (unpaired) electrons. The second-order valence-electron chi connectivity index (χ2n) is 6.67. The van der Waals surface area contributed by atoms with E-state index in [9.17, 15) is 0 Å². The largest absolute Gasteiger partial charge is 0.356 e. The van der Waals surface area contributed by atoms with E-state index in [-0.39, 0.29) is 0 Å². The van der Waals surface area contributed by atoms with Gasteiger partial charge in [-0.1, -0.05) is 70.6 Å². The summed E-state index contributed by atoms with van der Waals surface area (Å²) in [6, 6.07) is 10.8. The summed E-state index contributed by atoms with van der Waals surface area (Å²) in [6.07, 6.45) is 17.1. The minimum atomic E-state index is 0.507. The number of hydrogen-bond donors (Lipinski definition) is 0. The van der Waals surface area contributed by atoms with Crippen LogP contribution in [0.4, 0.5) is 5.69 Å². The Morgan fingerprint density at radius 1 is 0.783 bits per heavy atom. The Balaban J connectivity index is 1.85. The van der Waals surface area contributed by atoms with Gasteiger partial charge < -0.3 is 9.80 Å². The van der Waals surface area contributed by atoms with Crippen molar-refractivity contribution in [1.29, 1.82) is 0 Å². The molecule has 1 unspecified atom stereocenters. The molecular formula is C21H34N2. The van der Waals surface area contributed by atoms with E-state index in [0.29, 0.717) is 6.17 Å². The third kappa shape index (κ3) is 5.60. The van der Waals surface area contributed by atoms with Gasteiger partial charge in [-0.25, -0.2) is 0 Å². The quantitative estimate of drug-likeness (QED) is 0.451. The molecule has 128 valence electrons. The summed E-state index contributed by atoms with van der Waals surface area (Å²) >= 11 is 0. The molecule has 1 aromatic carbocycles. The molecule has 0 fully saturated rings. The summed E-state index contributed by atoms with van der Waals surface area (Å²) < 4.78 is 0. The second kappa shape index (κ2) is 10.4. The number of para-hydroxylation sites is 1. The molecule has 2 rings (SSSR count). The Kier molecular flexibility index (Phi) is 8.06. The third-order valence-electron chi connectivity index (χ3n) is 4.76. The summed E-state index contributed by atoms with van der Waals surface area (Å²) in [5.41, 5.74) is 1.32. The number of nitrogens with zero attached hydrogens (tertiary/aromatic N) is 2. The number of unbranched alkanes of at least 4 members (excludes halogenated alkanes) is 6. The zero-order chi connectivity index (χ0) is 16.3. The molecule has 2 heteroatoms. The van der Waals surface area contributed by atoms with E-state index in [0.717, 1.165) is 0 Å². The molecule has 1 aromatic rings. The summed E-state index contributed by atoms with van der Waals surface area (Å²) in [4.78, 5) is 5.01. The van der Waals surface area contributed by atoms with Gasteiger partial charge >= 0.3 is 0 Å². The molecule has 23 heavy (non-hydrogen) atoms. The molecule has 0 aromatic heterocycles. The van der Waals surface area contributed by atoms with Crippen LogP contribution >= 0.6 is 0 Å². The van der Waals surface area contributed by atoms with E-state index in [1.165, 1.54) is 70.0 Å². The van der Waals surface area contributed by atoms with Crippen LogP contribution in [0.1, 0.15) is 71.6 Å². The van der Waals surface area contributed by atoms with E-state index in [2.05, 4.69) is 66.4 Å². The molecule has 0 amide bonds. The number of rotatable bonds is 11. The van der Waals surface area contributed by atoms with Crippen molar-refractivity contribution in [3.05, 3.63) is 42.7 Å². The van der Waals surface area contributed by atoms with Gasteiger partial charge in [0.1, 0.15) is 6.17 Å². The van der Waals surface area contributed by atoms with Crippen LogP contribution < -0.4 is 4.90 Å². The van der Waals surface area contributed by atoms with Gasteiger partial charge in [0.05, 0.1) is 0 Å². The Hall–Kier alpha value is -1.44. The highest BCUT2D eigenvalue weighted by molar-refractivity contribution is 5.51. The summed E-state index contributed by atoms with van der Waals surface area (Å²) in [6.45, 7) is 5.76. The number of benzene rings is 1. The summed E-state index contributed by atoms with van der Waals surface area (Å²) in [5, 5.41) is 0. The van der Waals surface area contributed by atoms with Gasteiger partial charge in [-0.2, -0.15) is 0 Å². The number of anilines is 1. The fraction of sp³-hybridized carbons (Fsp3) is 0.619. The highest BCUT2D eigenvalue weighted by Crippen LogP contribution is 2.27. The fourth-order valence-corrected chi connectivity index (χ4v) is 3.36. The van der Waals surface area contributed by atoms with Crippen molar-refractivity contribution >= 4 is 5.69 Å². The zero-order valence-electron chi connectivity index (χ0n) is 15.1. The highest BCUT2D eigenvalue weighted by atomic mass is 15.4. The van der Waals surface area contributed by atoms with E-state index in [1.54, 1.807) is 0 Å². The topological polar surface area (TPSA) is 6.48 Å². The van der Waals surface area contributed by atoms with Crippen LogP contribution in [0.3, 0.4) is 0 Å². The number of hydrogen-bond acceptors (Lipinski definition) is 2. The van der Waals surface area contributed by atoms with Crippen molar-refractivity contribution in [2.75, 3.05) is 11.4 Å². The van der Waals surface area contributed by atoms with Crippen molar-refractivity contribution in [1.82, 2.24) is 4.90 Å². The molecule has 1 atom stereocenters. The molecule has 1 aliphatic rings. The van der Waals surface area contributed by atoms with E-state index in [1.807, 2.05) is 0 Å². The predicted molar refractivity (Wildman–Crippen MR) is 101 cm³/mol. The molecule has 0 spiro atoms. The molecule has 0 saturated carbocycles. The van der Waals surface area contributed by atoms with Crippen molar-refractivity contribution < 1.29 is 0 Å². The van der Waals surface area contributed by atoms with Gasteiger partial charge in [0.15, 0.2) is 0 Å². The first-order chi connectivity index (χ1) is 11.4. The summed E-state index contributed by atoms with van der Waals surface area (Å²) in [7, 11) is 0. The minimum absolute atomic E-state index is 0.507. The van der Waals surface area contributed by atoms with Gasteiger partial charge in [-0.05, 0) is 31.4 Å². The van der Waals surface area contributed by atoms with Gasteiger partial charge in [0, 0.05) is 24.6 Å². The first kappa shape index (κ1) is 17.9. The molecule has 0 bridgehead atoms. The molecule has 1 heterocycles. The van der Waals surface area contributed by atoms with Crippen molar-refractivity contribution in [2.24, 2.45) is 0 Å². The maximum Gasteiger partial charge on any atom is 0.105 e. The van der Waals surface area contributed by atoms with Crippen molar-refractivity contribution in [2.45, 2.75) is 77.8 Å². The van der Waals surface area contributed by atoms with Crippen LogP contribution in [0, 0.1) is 0 Å². The van der Waals surface area contributed by atoms with Crippen LogP contribution in [0.25, 0.3) is 0 Å². The Morgan fingerprint density at radius 2 is 1.48 bits per heavy atom. The van der Waals surface area contributed by atoms with Crippen LogP contribution in [-0.4, -0.2) is 17.6 Å². The second-order valence-corrected chi connectivity index (χ2v) is 6.67. The standard InChI is InChI=1S/C21H34N2/c1-3-5-7-8-9-13-17-22-18-19-23(21(22)16-6-4-2)20-14-11-10-12-15-20/h10-12,14-15,18-19,21H,3-9,13,16-17H2,1-2H3. The fourth-order valence-electron chi connectivity index (χ4n) is 3.36. The van der Waals surface area contributed by atoms with Gasteiger partial charge in [-0.3, -0.25) is 0 Å². The van der Waals surface area contributed by atoms with E-state index >= 15 is 0 Å². The average molecular weight is 315 g/mol. The molecule has 2 nitrogen and oxygen atoms in total. The molecule has 0 aliphatic carbocycles. The first-order valence-corrected chi connectivity index (χ1v) is 9.64. The Labute approximate surface area is 143 Å². The SMILES string of the molecule is CCCCCCCCN1C=CN(c2ccccc2)C1CCCC. The minimum Gasteiger partial charge on any atom is -0.356 e. The zero-order valence-corrected chi connectivity index (χ0v) is 15.1. The normalized spacial score (nSPS) is 17.2. The van der Waals surface area contributed by atoms with Crippen molar-refractivity contribution in [3.63, 3.8) is 0 Å². The lowest BCUT2D eigenvalue weighted by Gasteiger charge is -2.33. The predicted octanol–water partition coefficient (Wildman–Crippen LogP) is 6.16. The summed E-state index contributed by atoms with van der Waals surface area (Å²) in [5.74, 6) is 0. The Morgan fingerprint density at radius 3 is 2.22 bits per heavy atom. The Bertz CT molecular complexity index is 440.